The summed E-state index contributed by atoms with van der Waals surface area (Å²) in [6, 6.07) is 8.56. The summed E-state index contributed by atoms with van der Waals surface area (Å²) in [6.07, 6.45) is 1.80. The average Bonchev–Trinajstić information content (AvgIpc) is 2.96. The van der Waals surface area contributed by atoms with Crippen LogP contribution in [0.15, 0.2) is 36.5 Å². The van der Waals surface area contributed by atoms with Crippen LogP contribution in [0.1, 0.15) is 0 Å². The zero-order valence-corrected chi connectivity index (χ0v) is 8.71. The molecule has 0 amide bonds. The van der Waals surface area contributed by atoms with E-state index in [2.05, 4.69) is 15.2 Å². The van der Waals surface area contributed by atoms with E-state index in [4.69, 9.17) is 5.21 Å². The van der Waals surface area contributed by atoms with E-state index in [0.29, 0.717) is 5.69 Å². The number of nitrogens with one attached hydrogen (secondary N) is 2. The first-order valence-electron chi connectivity index (χ1n) is 5.04. The molecule has 2 aromatic heterocycles. The highest BCUT2D eigenvalue weighted by atomic mass is 16.8. The highest BCUT2D eigenvalue weighted by Crippen LogP contribution is 2.28. The molecule has 0 bridgehead atoms. The number of H-pyrrole nitrogens is 2. The minimum atomic E-state index is -0.162. The van der Waals surface area contributed by atoms with Gasteiger partial charge in [-0.05, 0) is 30.3 Å². The van der Waals surface area contributed by atoms with Crippen molar-refractivity contribution in [2.75, 3.05) is 5.23 Å². The zero-order valence-electron chi connectivity index (χ0n) is 8.71. The Morgan fingerprint density at radius 2 is 2.18 bits per heavy atom. The third-order valence-corrected chi connectivity index (χ3v) is 2.62. The van der Waals surface area contributed by atoms with Crippen molar-refractivity contribution in [3.63, 3.8) is 0 Å². The number of fused-ring (bicyclic) bond motifs is 1. The van der Waals surface area contributed by atoms with Crippen molar-refractivity contribution in [1.29, 1.82) is 0 Å². The molecule has 0 unspecified atom stereocenters. The van der Waals surface area contributed by atoms with Crippen LogP contribution in [0, 0.1) is 5.21 Å². The van der Waals surface area contributed by atoms with E-state index in [1.807, 2.05) is 12.1 Å². The van der Waals surface area contributed by atoms with E-state index in [0.717, 1.165) is 16.6 Å². The van der Waals surface area contributed by atoms with Crippen LogP contribution in [0.2, 0.25) is 0 Å². The molecular formula is C11H9N4O2-. The van der Waals surface area contributed by atoms with Crippen molar-refractivity contribution in [2.24, 2.45) is 0 Å². The molecule has 0 radical (unpaired) electrons. The molecule has 0 saturated carbocycles. The van der Waals surface area contributed by atoms with Crippen molar-refractivity contribution in [2.45, 2.75) is 0 Å². The number of aromatic amines is 2. The van der Waals surface area contributed by atoms with E-state index < -0.39 is 0 Å². The third kappa shape index (κ3) is 1.55. The molecule has 0 spiro atoms. The third-order valence-electron chi connectivity index (χ3n) is 2.62. The fourth-order valence-corrected chi connectivity index (χ4v) is 1.80. The first kappa shape index (κ1) is 9.88. The Hall–Kier alpha value is -2.31. The van der Waals surface area contributed by atoms with Crippen molar-refractivity contribution in [1.82, 2.24) is 15.2 Å². The first-order chi connectivity index (χ1) is 8.25. The standard InChI is InChI=1S/C11H9N4O2/c16-15(17)7-3-4-9-8(6-7)11(14-13-9)10-2-1-5-12-10/h1-6,12,16H,(H,13,14)/q-1. The zero-order chi connectivity index (χ0) is 11.8. The Morgan fingerprint density at radius 1 is 1.29 bits per heavy atom. The fraction of sp³-hybridized carbons (Fsp3) is 0. The molecule has 0 atom stereocenters. The first-order valence-corrected chi connectivity index (χ1v) is 5.04. The molecule has 6 nitrogen and oxygen atoms in total. The second-order valence-corrected chi connectivity index (χ2v) is 3.66. The van der Waals surface area contributed by atoms with Gasteiger partial charge in [0.1, 0.15) is 5.69 Å². The monoisotopic (exact) mass is 229 g/mol. The number of benzene rings is 1. The Labute approximate surface area is 96.0 Å². The molecule has 2 heterocycles. The van der Waals surface area contributed by atoms with Gasteiger partial charge in [-0.2, -0.15) is 5.10 Å². The van der Waals surface area contributed by atoms with E-state index in [1.165, 1.54) is 6.07 Å². The van der Waals surface area contributed by atoms with Gasteiger partial charge in [0.15, 0.2) is 0 Å². The molecule has 1 aromatic carbocycles. The molecule has 0 fully saturated rings. The number of nitrogens with zero attached hydrogens (tertiary/aromatic N) is 2. The van der Waals surface area contributed by atoms with Gasteiger partial charge < -0.3 is 15.4 Å². The molecule has 3 N–H and O–H groups in total. The van der Waals surface area contributed by atoms with Crippen LogP contribution in [0.4, 0.5) is 5.69 Å². The largest absolute Gasteiger partial charge is 0.733 e. The smallest absolute Gasteiger partial charge is 0.116 e. The van der Waals surface area contributed by atoms with Gasteiger partial charge in [0.05, 0.1) is 16.9 Å². The molecule has 0 aliphatic heterocycles. The molecule has 0 aliphatic carbocycles. The Balaban J connectivity index is 2.23. The Morgan fingerprint density at radius 3 is 2.88 bits per heavy atom. The van der Waals surface area contributed by atoms with Gasteiger partial charge in [0, 0.05) is 11.6 Å². The van der Waals surface area contributed by atoms with Gasteiger partial charge in [-0.15, -0.1) is 0 Å². The molecule has 6 heteroatoms. The number of anilines is 1. The summed E-state index contributed by atoms with van der Waals surface area (Å²) >= 11 is 0. The van der Waals surface area contributed by atoms with Crippen molar-refractivity contribution in [3.05, 3.63) is 41.7 Å². The summed E-state index contributed by atoms with van der Waals surface area (Å²) in [5, 5.41) is 27.4. The molecule has 0 aliphatic rings. The summed E-state index contributed by atoms with van der Waals surface area (Å²) < 4.78 is 0. The van der Waals surface area contributed by atoms with Crippen LogP contribution in [0.3, 0.4) is 0 Å². The molecular weight excluding hydrogens is 220 g/mol. The normalized spacial score (nSPS) is 10.9. The van der Waals surface area contributed by atoms with Crippen molar-refractivity contribution in [3.8, 4) is 11.4 Å². The van der Waals surface area contributed by atoms with Crippen LogP contribution in [0.5, 0.6) is 0 Å². The SMILES string of the molecule is [O-]N(O)c1ccc2[nH]nc(-c3ccc[nH]3)c2c1. The minimum absolute atomic E-state index is 0.162. The lowest BCUT2D eigenvalue weighted by Crippen LogP contribution is -2.06. The average molecular weight is 229 g/mol. The van der Waals surface area contributed by atoms with Gasteiger partial charge in [0.2, 0.25) is 0 Å². The van der Waals surface area contributed by atoms with E-state index in [-0.39, 0.29) is 10.9 Å². The van der Waals surface area contributed by atoms with E-state index in [1.54, 1.807) is 18.3 Å². The maximum absolute atomic E-state index is 10.8. The summed E-state index contributed by atoms with van der Waals surface area (Å²) in [6.45, 7) is 0. The van der Waals surface area contributed by atoms with Crippen molar-refractivity contribution < 1.29 is 5.21 Å². The summed E-state index contributed by atoms with van der Waals surface area (Å²) in [7, 11) is 0. The quantitative estimate of drug-likeness (QED) is 0.588. The molecule has 0 saturated heterocycles. The second kappa shape index (κ2) is 3.62. The number of hydrogen-bond acceptors (Lipinski definition) is 4. The Kier molecular flexibility index (Phi) is 2.10. The molecule has 17 heavy (non-hydrogen) atoms. The summed E-state index contributed by atoms with van der Waals surface area (Å²) in [4.78, 5) is 3.04. The summed E-state index contributed by atoms with van der Waals surface area (Å²) in [5.74, 6) is 0. The fourth-order valence-electron chi connectivity index (χ4n) is 1.80. The van der Waals surface area contributed by atoms with Gasteiger partial charge in [-0.25, -0.2) is 0 Å². The van der Waals surface area contributed by atoms with E-state index >= 15 is 0 Å². The number of rotatable bonds is 2. The van der Waals surface area contributed by atoms with Crippen LogP contribution in [-0.2, 0) is 0 Å². The van der Waals surface area contributed by atoms with Crippen LogP contribution in [-0.4, -0.2) is 20.4 Å². The maximum Gasteiger partial charge on any atom is 0.116 e. The van der Waals surface area contributed by atoms with E-state index in [9.17, 15) is 5.21 Å². The molecule has 3 rings (SSSR count). The van der Waals surface area contributed by atoms with Crippen LogP contribution >= 0.6 is 0 Å². The van der Waals surface area contributed by atoms with Crippen molar-refractivity contribution >= 4 is 16.6 Å². The predicted octanol–water partition coefficient (Wildman–Crippen LogP) is 2.25. The maximum atomic E-state index is 10.8. The van der Waals surface area contributed by atoms with Gasteiger partial charge in [-0.3, -0.25) is 10.3 Å². The Bertz CT molecular complexity index is 643. The minimum Gasteiger partial charge on any atom is -0.733 e. The second-order valence-electron chi connectivity index (χ2n) is 3.66. The van der Waals surface area contributed by atoms with Crippen LogP contribution in [0.25, 0.3) is 22.3 Å². The lowest BCUT2D eigenvalue weighted by atomic mass is 10.1. The van der Waals surface area contributed by atoms with Gasteiger partial charge in [-0.1, -0.05) is 0 Å². The van der Waals surface area contributed by atoms with Gasteiger partial charge >= 0.3 is 0 Å². The van der Waals surface area contributed by atoms with Crippen LogP contribution < -0.4 is 5.23 Å². The predicted molar refractivity (Wildman–Crippen MR) is 63.5 cm³/mol. The highest BCUT2D eigenvalue weighted by molar-refractivity contribution is 5.94. The molecule has 86 valence electrons. The lowest BCUT2D eigenvalue weighted by Gasteiger charge is -2.21. The lowest BCUT2D eigenvalue weighted by molar-refractivity contribution is 0.296. The number of aromatic nitrogens is 3. The highest BCUT2D eigenvalue weighted by Gasteiger charge is 2.09. The number of hydrogen-bond donors (Lipinski definition) is 3. The topological polar surface area (TPSA) is 91.0 Å². The summed E-state index contributed by atoms with van der Waals surface area (Å²) in [5.41, 5.74) is 2.55. The van der Waals surface area contributed by atoms with Gasteiger partial charge in [0.25, 0.3) is 0 Å². The molecule has 3 aromatic rings.